The van der Waals surface area contributed by atoms with E-state index in [9.17, 15) is 25.5 Å². The zero-order chi connectivity index (χ0) is 16.3. The molecule has 0 aromatic rings. The lowest BCUT2D eigenvalue weighted by Gasteiger charge is -2.32. The largest absolute Gasteiger partial charge is 0.509 e. The highest BCUT2D eigenvalue weighted by atomic mass is 16.4. The molecule has 6 heteroatoms. The topological polar surface area (TPSA) is 121 Å². The van der Waals surface area contributed by atoms with Crippen LogP contribution in [0.3, 0.4) is 0 Å². The molecule has 0 aromatic heterocycles. The summed E-state index contributed by atoms with van der Waals surface area (Å²) in [6.07, 6.45) is 2.39. The molecule has 1 unspecified atom stereocenters. The number of rotatable bonds is 5. The fourth-order valence-corrected chi connectivity index (χ4v) is 3.11. The Kier molecular flexibility index (Phi) is 5.77. The molecule has 6 N–H and O–H groups in total. The first-order chi connectivity index (χ1) is 10.5. The second-order valence-corrected chi connectivity index (χ2v) is 5.91. The van der Waals surface area contributed by atoms with Crippen molar-refractivity contribution in [1.82, 2.24) is 0 Å². The summed E-state index contributed by atoms with van der Waals surface area (Å²) in [5.74, 6) is -0.0730. The minimum Gasteiger partial charge on any atom is -0.509 e. The van der Waals surface area contributed by atoms with E-state index < -0.39 is 31.0 Å². The molecule has 2 aliphatic carbocycles. The first-order valence-electron chi connectivity index (χ1n) is 7.59. The number of aliphatic hydroxyl groups is 6. The third-order valence-corrected chi connectivity index (χ3v) is 4.44. The van der Waals surface area contributed by atoms with E-state index in [1.54, 1.807) is 0 Å². The molecule has 0 spiro atoms. The van der Waals surface area contributed by atoms with E-state index in [2.05, 4.69) is 6.08 Å². The van der Waals surface area contributed by atoms with Crippen LogP contribution in [0.2, 0.25) is 0 Å². The lowest BCUT2D eigenvalue weighted by atomic mass is 9.76. The molecule has 1 fully saturated rings. The molecule has 22 heavy (non-hydrogen) atoms. The Morgan fingerprint density at radius 3 is 2.59 bits per heavy atom. The second kappa shape index (κ2) is 7.39. The van der Waals surface area contributed by atoms with E-state index >= 15 is 0 Å². The quantitative estimate of drug-likeness (QED) is 0.395. The van der Waals surface area contributed by atoms with E-state index in [4.69, 9.17) is 5.11 Å². The summed E-state index contributed by atoms with van der Waals surface area (Å²) in [6.45, 7) is -0.750. The van der Waals surface area contributed by atoms with Crippen molar-refractivity contribution in [2.75, 3.05) is 6.61 Å². The fraction of sp³-hybridized carbons (Fsp3) is 0.625. The Bertz CT molecular complexity index is 481. The molecular weight excluding hydrogens is 288 g/mol. The van der Waals surface area contributed by atoms with E-state index in [0.29, 0.717) is 17.9 Å². The maximum Gasteiger partial charge on any atom is 0.139 e. The molecule has 0 radical (unpaired) electrons. The van der Waals surface area contributed by atoms with Gasteiger partial charge >= 0.3 is 0 Å². The number of allylic oxidation sites excluding steroid dienone is 5. The van der Waals surface area contributed by atoms with Crippen molar-refractivity contribution in [3.8, 4) is 0 Å². The van der Waals surface area contributed by atoms with Crippen LogP contribution in [-0.2, 0) is 0 Å². The van der Waals surface area contributed by atoms with E-state index in [0.717, 1.165) is 24.8 Å². The first-order valence-corrected chi connectivity index (χ1v) is 7.59. The maximum atomic E-state index is 10.3. The van der Waals surface area contributed by atoms with Crippen molar-refractivity contribution in [2.24, 2.45) is 5.92 Å². The third kappa shape index (κ3) is 3.42. The molecule has 0 amide bonds. The molecule has 0 heterocycles. The summed E-state index contributed by atoms with van der Waals surface area (Å²) in [4.78, 5) is 0. The minimum absolute atomic E-state index is 0.299. The highest BCUT2D eigenvalue weighted by Gasteiger charge is 2.35. The van der Waals surface area contributed by atoms with Gasteiger partial charge in [-0.2, -0.15) is 0 Å². The van der Waals surface area contributed by atoms with Crippen LogP contribution < -0.4 is 0 Å². The smallest absolute Gasteiger partial charge is 0.139 e. The monoisotopic (exact) mass is 312 g/mol. The van der Waals surface area contributed by atoms with Gasteiger partial charge < -0.3 is 30.6 Å². The lowest BCUT2D eigenvalue weighted by Crippen LogP contribution is -2.46. The van der Waals surface area contributed by atoms with Crippen LogP contribution in [0.15, 0.2) is 35.1 Å². The van der Waals surface area contributed by atoms with Crippen molar-refractivity contribution < 1.29 is 30.6 Å². The molecule has 6 nitrogen and oxygen atoms in total. The van der Waals surface area contributed by atoms with Gasteiger partial charge in [0, 0.05) is 0 Å². The molecule has 2 aliphatic rings. The summed E-state index contributed by atoms with van der Waals surface area (Å²) in [5.41, 5.74) is 1.55. The van der Waals surface area contributed by atoms with Crippen LogP contribution in [0.25, 0.3) is 0 Å². The lowest BCUT2D eigenvalue weighted by molar-refractivity contribution is -0.113. The summed E-state index contributed by atoms with van der Waals surface area (Å²) >= 11 is 0. The Morgan fingerprint density at radius 1 is 1.18 bits per heavy atom. The van der Waals surface area contributed by atoms with Gasteiger partial charge in [0.2, 0.25) is 0 Å². The summed E-state index contributed by atoms with van der Waals surface area (Å²) in [5, 5.41) is 58.1. The third-order valence-electron chi connectivity index (χ3n) is 4.44. The molecule has 2 rings (SSSR count). The number of hydrogen-bond donors (Lipinski definition) is 6. The SMILES string of the molecule is OC[C@H](O)[C@@H](O)[C@H](O)[C@H](O)C(O)=C1CCCC2CC=CC=C12. The van der Waals surface area contributed by atoms with Gasteiger partial charge in [-0.25, -0.2) is 0 Å². The standard InChI is InChI=1S/C16H24O6/c17-8-12(18)14(20)16(22)15(21)13(19)11-7-3-5-9-4-1-2-6-10(9)11/h1-2,6,9,12,14-22H,3-5,7-8H2/t9?,12-,14+,15+,16-/m0/s1. The van der Waals surface area contributed by atoms with Crippen LogP contribution in [0.1, 0.15) is 25.7 Å². The Morgan fingerprint density at radius 2 is 1.91 bits per heavy atom. The van der Waals surface area contributed by atoms with Gasteiger partial charge in [-0.3, -0.25) is 0 Å². The van der Waals surface area contributed by atoms with Gasteiger partial charge in [-0.15, -0.1) is 0 Å². The molecule has 0 bridgehead atoms. The molecule has 1 saturated carbocycles. The van der Waals surface area contributed by atoms with Gasteiger partial charge in [0.1, 0.15) is 30.2 Å². The Hall–Kier alpha value is -1.18. The van der Waals surface area contributed by atoms with Crippen molar-refractivity contribution in [1.29, 1.82) is 0 Å². The highest BCUT2D eigenvalue weighted by Crippen LogP contribution is 2.39. The van der Waals surface area contributed by atoms with E-state index in [1.807, 2.05) is 12.2 Å². The number of hydrogen-bond acceptors (Lipinski definition) is 6. The number of aliphatic hydroxyl groups excluding tert-OH is 6. The average Bonchev–Trinajstić information content (AvgIpc) is 2.57. The van der Waals surface area contributed by atoms with E-state index in [-0.39, 0.29) is 5.76 Å². The van der Waals surface area contributed by atoms with Crippen LogP contribution in [0.5, 0.6) is 0 Å². The van der Waals surface area contributed by atoms with E-state index in [1.165, 1.54) is 0 Å². The van der Waals surface area contributed by atoms with Crippen LogP contribution in [0, 0.1) is 5.92 Å². The highest BCUT2D eigenvalue weighted by molar-refractivity contribution is 5.42. The maximum absolute atomic E-state index is 10.3. The van der Waals surface area contributed by atoms with Crippen LogP contribution in [0.4, 0.5) is 0 Å². The van der Waals surface area contributed by atoms with Gasteiger partial charge in [-0.05, 0) is 42.7 Å². The first kappa shape index (κ1) is 17.2. The molecule has 0 saturated heterocycles. The Labute approximate surface area is 129 Å². The normalized spacial score (nSPS) is 29.1. The van der Waals surface area contributed by atoms with Crippen LogP contribution in [-0.4, -0.2) is 61.7 Å². The zero-order valence-electron chi connectivity index (χ0n) is 12.3. The molecular formula is C16H24O6. The predicted molar refractivity (Wildman–Crippen MR) is 79.9 cm³/mol. The van der Waals surface area contributed by atoms with Crippen molar-refractivity contribution in [2.45, 2.75) is 50.1 Å². The van der Waals surface area contributed by atoms with Gasteiger partial charge in [0.05, 0.1) is 6.61 Å². The molecule has 0 aliphatic heterocycles. The summed E-state index contributed by atoms with van der Waals surface area (Å²) in [6, 6.07) is 0. The minimum atomic E-state index is -1.78. The fourth-order valence-electron chi connectivity index (χ4n) is 3.11. The van der Waals surface area contributed by atoms with Crippen molar-refractivity contribution in [3.63, 3.8) is 0 Å². The van der Waals surface area contributed by atoms with Gasteiger partial charge in [0.15, 0.2) is 0 Å². The summed E-state index contributed by atoms with van der Waals surface area (Å²) < 4.78 is 0. The molecule has 124 valence electrons. The molecule has 0 aromatic carbocycles. The zero-order valence-corrected chi connectivity index (χ0v) is 12.3. The van der Waals surface area contributed by atoms with Gasteiger partial charge in [0.25, 0.3) is 0 Å². The second-order valence-electron chi connectivity index (χ2n) is 5.91. The Balaban J connectivity index is 2.22. The van der Waals surface area contributed by atoms with Crippen molar-refractivity contribution in [3.05, 3.63) is 35.1 Å². The number of fused-ring (bicyclic) bond motifs is 1. The molecule has 5 atom stereocenters. The van der Waals surface area contributed by atoms with Crippen molar-refractivity contribution >= 4 is 0 Å². The van der Waals surface area contributed by atoms with Crippen LogP contribution >= 0.6 is 0 Å². The summed E-state index contributed by atoms with van der Waals surface area (Å²) in [7, 11) is 0. The predicted octanol–water partition coefficient (Wildman–Crippen LogP) is -0.0792. The van der Waals surface area contributed by atoms with Gasteiger partial charge in [-0.1, -0.05) is 18.2 Å². The average molecular weight is 312 g/mol.